The molecule has 2 heterocycles. The normalized spacial score (nSPS) is 10.5. The zero-order chi connectivity index (χ0) is 16.1. The van der Waals surface area contributed by atoms with E-state index < -0.39 is 0 Å². The lowest BCUT2D eigenvalue weighted by Crippen LogP contribution is -2.14. The molecule has 0 bridgehead atoms. The highest BCUT2D eigenvalue weighted by Gasteiger charge is 2.09. The van der Waals surface area contributed by atoms with Crippen molar-refractivity contribution in [1.29, 1.82) is 0 Å². The van der Waals surface area contributed by atoms with Gasteiger partial charge in [-0.3, -0.25) is 4.79 Å². The van der Waals surface area contributed by atoms with Crippen LogP contribution in [0.3, 0.4) is 0 Å². The first-order valence-electron chi connectivity index (χ1n) is 7.24. The summed E-state index contributed by atoms with van der Waals surface area (Å²) in [4.78, 5) is 16.6. The molecule has 2 aromatic heterocycles. The second kappa shape index (κ2) is 7.39. The van der Waals surface area contributed by atoms with E-state index in [0.29, 0.717) is 6.61 Å². The third kappa shape index (κ3) is 4.18. The first-order valence-corrected chi connectivity index (χ1v) is 9.06. The van der Waals surface area contributed by atoms with E-state index in [1.807, 2.05) is 48.0 Å². The number of anilines is 1. The van der Waals surface area contributed by atoms with Crippen LogP contribution in [0.5, 0.6) is 5.75 Å². The van der Waals surface area contributed by atoms with Crippen LogP contribution in [0.2, 0.25) is 0 Å². The number of nitrogens with zero attached hydrogens (tertiary/aromatic N) is 1. The lowest BCUT2D eigenvalue weighted by atomic mass is 10.2. The number of thiophene rings is 1. The summed E-state index contributed by atoms with van der Waals surface area (Å²) < 4.78 is 5.38. The molecule has 118 valence electrons. The Morgan fingerprint density at radius 3 is 2.74 bits per heavy atom. The molecule has 0 saturated carbocycles. The molecule has 0 aliphatic carbocycles. The molecule has 0 aliphatic rings. The van der Waals surface area contributed by atoms with E-state index in [1.165, 1.54) is 0 Å². The van der Waals surface area contributed by atoms with Gasteiger partial charge < -0.3 is 10.1 Å². The van der Waals surface area contributed by atoms with E-state index in [1.54, 1.807) is 22.7 Å². The van der Waals surface area contributed by atoms with Crippen molar-refractivity contribution < 1.29 is 9.53 Å². The van der Waals surface area contributed by atoms with Crippen molar-refractivity contribution in [1.82, 2.24) is 4.98 Å². The van der Waals surface area contributed by atoms with Crippen molar-refractivity contribution in [2.75, 3.05) is 11.9 Å². The molecule has 1 amide bonds. The summed E-state index contributed by atoms with van der Waals surface area (Å²) in [5, 5.41) is 9.85. The summed E-state index contributed by atoms with van der Waals surface area (Å²) >= 11 is 3.20. The molecule has 3 aromatic rings. The number of benzene rings is 1. The molecular formula is C17H16N2O2S2. The van der Waals surface area contributed by atoms with Crippen LogP contribution in [0.15, 0.2) is 46.5 Å². The standard InChI is InChI=1S/C17H16N2O2S2/c1-2-21-15-5-3-13(4-6-15)18-16(20)9-14-11-23-17(19-14)12-7-8-22-10-12/h3-8,10-11H,2,9H2,1H3,(H,18,20). The average molecular weight is 344 g/mol. The van der Waals surface area contributed by atoms with Gasteiger partial charge in [0.15, 0.2) is 0 Å². The van der Waals surface area contributed by atoms with E-state index in [9.17, 15) is 4.79 Å². The second-order valence-electron chi connectivity index (χ2n) is 4.84. The van der Waals surface area contributed by atoms with Crippen LogP contribution in [-0.2, 0) is 11.2 Å². The Morgan fingerprint density at radius 2 is 2.04 bits per heavy atom. The first-order chi connectivity index (χ1) is 11.2. The van der Waals surface area contributed by atoms with Gasteiger partial charge in [0.2, 0.25) is 5.91 Å². The molecule has 23 heavy (non-hydrogen) atoms. The topological polar surface area (TPSA) is 51.2 Å². The monoisotopic (exact) mass is 344 g/mol. The quantitative estimate of drug-likeness (QED) is 0.719. The SMILES string of the molecule is CCOc1ccc(NC(=O)Cc2csc(-c3ccsc3)n2)cc1. The van der Waals surface area contributed by atoms with Crippen LogP contribution in [-0.4, -0.2) is 17.5 Å². The molecule has 4 nitrogen and oxygen atoms in total. The van der Waals surface area contributed by atoms with Crippen molar-refractivity contribution in [2.45, 2.75) is 13.3 Å². The summed E-state index contributed by atoms with van der Waals surface area (Å²) in [6, 6.07) is 9.39. The van der Waals surface area contributed by atoms with Crippen molar-refractivity contribution >= 4 is 34.3 Å². The number of carbonyl (C=O) groups excluding carboxylic acids is 1. The lowest BCUT2D eigenvalue weighted by Gasteiger charge is -2.06. The number of hydrogen-bond donors (Lipinski definition) is 1. The molecule has 0 spiro atoms. The minimum absolute atomic E-state index is 0.0728. The zero-order valence-corrected chi connectivity index (χ0v) is 14.2. The number of nitrogens with one attached hydrogen (secondary N) is 1. The number of rotatable bonds is 6. The van der Waals surface area contributed by atoms with Gasteiger partial charge in [0.05, 0.1) is 18.7 Å². The number of aromatic nitrogens is 1. The molecule has 0 unspecified atom stereocenters. The van der Waals surface area contributed by atoms with Crippen molar-refractivity contribution in [3.05, 3.63) is 52.2 Å². The average Bonchev–Trinajstić information content (AvgIpc) is 3.20. The van der Waals surface area contributed by atoms with Gasteiger partial charge in [-0.05, 0) is 42.6 Å². The third-order valence-corrected chi connectivity index (χ3v) is 4.73. The summed E-state index contributed by atoms with van der Waals surface area (Å²) in [6.45, 7) is 2.57. The lowest BCUT2D eigenvalue weighted by molar-refractivity contribution is -0.115. The number of hydrogen-bond acceptors (Lipinski definition) is 5. The fraction of sp³-hybridized carbons (Fsp3) is 0.176. The van der Waals surface area contributed by atoms with E-state index in [-0.39, 0.29) is 12.3 Å². The Morgan fingerprint density at radius 1 is 1.22 bits per heavy atom. The van der Waals surface area contributed by atoms with E-state index in [2.05, 4.69) is 15.7 Å². The minimum atomic E-state index is -0.0728. The molecule has 0 radical (unpaired) electrons. The molecule has 0 atom stereocenters. The van der Waals surface area contributed by atoms with Crippen molar-refractivity contribution in [3.8, 4) is 16.3 Å². The van der Waals surface area contributed by atoms with Crippen LogP contribution in [0, 0.1) is 0 Å². The van der Waals surface area contributed by atoms with E-state index in [0.717, 1.165) is 27.7 Å². The fourth-order valence-electron chi connectivity index (χ4n) is 2.08. The second-order valence-corrected chi connectivity index (χ2v) is 6.48. The van der Waals surface area contributed by atoms with Gasteiger partial charge in [-0.15, -0.1) is 11.3 Å². The van der Waals surface area contributed by atoms with Gasteiger partial charge in [-0.2, -0.15) is 11.3 Å². The highest BCUT2D eigenvalue weighted by atomic mass is 32.1. The van der Waals surface area contributed by atoms with Crippen LogP contribution < -0.4 is 10.1 Å². The highest BCUT2D eigenvalue weighted by Crippen LogP contribution is 2.26. The smallest absolute Gasteiger partial charge is 0.230 e. The van der Waals surface area contributed by atoms with Crippen LogP contribution in [0.1, 0.15) is 12.6 Å². The van der Waals surface area contributed by atoms with Crippen molar-refractivity contribution in [3.63, 3.8) is 0 Å². The molecule has 0 aliphatic heterocycles. The Hall–Kier alpha value is -2.18. The summed E-state index contributed by atoms with van der Waals surface area (Å²) in [7, 11) is 0. The third-order valence-electron chi connectivity index (χ3n) is 3.11. The van der Waals surface area contributed by atoms with Crippen LogP contribution in [0.25, 0.3) is 10.6 Å². The van der Waals surface area contributed by atoms with Gasteiger partial charge in [0, 0.05) is 22.0 Å². The number of thiazole rings is 1. The molecule has 1 aromatic carbocycles. The summed E-state index contributed by atoms with van der Waals surface area (Å²) in [6.07, 6.45) is 0.272. The number of carbonyl (C=O) groups is 1. The zero-order valence-electron chi connectivity index (χ0n) is 12.6. The summed E-state index contributed by atoms with van der Waals surface area (Å²) in [5.41, 5.74) is 2.66. The van der Waals surface area contributed by atoms with Crippen LogP contribution in [0.4, 0.5) is 5.69 Å². The highest BCUT2D eigenvalue weighted by molar-refractivity contribution is 7.14. The number of amides is 1. The predicted molar refractivity (Wildman–Crippen MR) is 95.4 cm³/mol. The molecule has 3 rings (SSSR count). The molecule has 6 heteroatoms. The Bertz CT molecular complexity index is 764. The van der Waals surface area contributed by atoms with Crippen molar-refractivity contribution in [2.24, 2.45) is 0 Å². The molecule has 0 fully saturated rings. The predicted octanol–water partition coefficient (Wildman–Crippen LogP) is 4.45. The molecule has 1 N–H and O–H groups in total. The Labute approximate surface area is 142 Å². The number of ether oxygens (including phenoxy) is 1. The van der Waals surface area contributed by atoms with Gasteiger partial charge in [-0.1, -0.05) is 0 Å². The van der Waals surface area contributed by atoms with Gasteiger partial charge in [0.1, 0.15) is 10.8 Å². The van der Waals surface area contributed by atoms with Crippen LogP contribution >= 0.6 is 22.7 Å². The van der Waals surface area contributed by atoms with Gasteiger partial charge in [0.25, 0.3) is 0 Å². The maximum absolute atomic E-state index is 12.1. The first kappa shape index (κ1) is 15.7. The summed E-state index contributed by atoms with van der Waals surface area (Å²) in [5.74, 6) is 0.724. The molecule has 0 saturated heterocycles. The Balaban J connectivity index is 1.59. The fourth-order valence-corrected chi connectivity index (χ4v) is 3.61. The molecular weight excluding hydrogens is 328 g/mol. The minimum Gasteiger partial charge on any atom is -0.494 e. The maximum Gasteiger partial charge on any atom is 0.230 e. The maximum atomic E-state index is 12.1. The van der Waals surface area contributed by atoms with E-state index >= 15 is 0 Å². The Kier molecular flexibility index (Phi) is 5.05. The van der Waals surface area contributed by atoms with Gasteiger partial charge >= 0.3 is 0 Å². The largest absolute Gasteiger partial charge is 0.494 e. The van der Waals surface area contributed by atoms with E-state index in [4.69, 9.17) is 4.74 Å². The van der Waals surface area contributed by atoms with Gasteiger partial charge in [-0.25, -0.2) is 4.98 Å².